The zero-order valence-electron chi connectivity index (χ0n) is 13.3. The molecule has 0 radical (unpaired) electrons. The highest BCUT2D eigenvalue weighted by Gasteiger charge is 2.31. The fourth-order valence-electron chi connectivity index (χ4n) is 2.80. The minimum Gasteiger partial charge on any atom is -0.370 e. The predicted molar refractivity (Wildman–Crippen MR) is 87.4 cm³/mol. The maximum atomic E-state index is 12.8. The number of morpholine rings is 1. The van der Waals surface area contributed by atoms with Gasteiger partial charge in [-0.05, 0) is 19.4 Å². The Morgan fingerprint density at radius 1 is 1.30 bits per heavy atom. The first kappa shape index (κ1) is 15.5. The predicted octanol–water partition coefficient (Wildman–Crippen LogP) is 2.29. The normalized spacial score (nSPS) is 21.2. The second-order valence-electron chi connectivity index (χ2n) is 5.93. The Kier molecular flexibility index (Phi) is 4.30. The summed E-state index contributed by atoms with van der Waals surface area (Å²) in [6.07, 6.45) is 1.33. The van der Waals surface area contributed by atoms with Crippen molar-refractivity contribution in [2.24, 2.45) is 0 Å². The van der Waals surface area contributed by atoms with Crippen LogP contribution in [0, 0.1) is 6.92 Å². The lowest BCUT2D eigenvalue weighted by Gasteiger charge is -2.38. The molecule has 0 aliphatic carbocycles. The Morgan fingerprint density at radius 2 is 2.04 bits per heavy atom. The molecule has 1 saturated heterocycles. The zero-order chi connectivity index (χ0) is 16.4. The molecule has 3 rings (SSSR count). The minimum atomic E-state index is -0.249. The molecule has 23 heavy (non-hydrogen) atoms. The molecule has 2 aromatic rings. The van der Waals surface area contributed by atoms with Crippen LogP contribution in [0.25, 0.3) is 0 Å². The number of aryl methyl sites for hydroxylation is 1. The molecule has 120 valence electrons. The van der Waals surface area contributed by atoms with Crippen molar-refractivity contribution in [1.82, 2.24) is 9.88 Å². The fraction of sp³-hybridized carbons (Fsp3) is 0.333. The van der Waals surface area contributed by atoms with Crippen molar-refractivity contribution < 1.29 is 9.53 Å². The van der Waals surface area contributed by atoms with Gasteiger partial charge in [-0.15, -0.1) is 0 Å². The number of H-pyrrole nitrogens is 1. The standard InChI is InChI=1S/C18H20N2O3/c1-12-8-16(21)15(9-19-12)18(22)20-10-17(23-11-13(20)2)14-6-4-3-5-7-14/h3-9,13,17H,10-11H2,1-2H3,(H,19,21). The molecule has 0 bridgehead atoms. The molecule has 1 aromatic heterocycles. The first-order chi connectivity index (χ1) is 11.1. The second kappa shape index (κ2) is 6.38. The number of hydrogen-bond acceptors (Lipinski definition) is 3. The van der Waals surface area contributed by atoms with Gasteiger partial charge < -0.3 is 14.6 Å². The van der Waals surface area contributed by atoms with Crippen LogP contribution in [-0.4, -0.2) is 35.0 Å². The van der Waals surface area contributed by atoms with E-state index >= 15 is 0 Å². The average molecular weight is 312 g/mol. The van der Waals surface area contributed by atoms with E-state index in [2.05, 4.69) is 4.98 Å². The molecule has 1 fully saturated rings. The number of benzene rings is 1. The summed E-state index contributed by atoms with van der Waals surface area (Å²) in [6.45, 7) is 4.62. The van der Waals surface area contributed by atoms with Crippen molar-refractivity contribution >= 4 is 5.91 Å². The Balaban J connectivity index is 1.85. The Hall–Kier alpha value is -2.40. The van der Waals surface area contributed by atoms with Crippen molar-refractivity contribution in [2.75, 3.05) is 13.2 Å². The minimum absolute atomic E-state index is 0.0665. The van der Waals surface area contributed by atoms with Gasteiger partial charge in [-0.3, -0.25) is 9.59 Å². The highest BCUT2D eigenvalue weighted by atomic mass is 16.5. The van der Waals surface area contributed by atoms with E-state index in [0.717, 1.165) is 11.3 Å². The van der Waals surface area contributed by atoms with Gasteiger partial charge in [0.1, 0.15) is 11.7 Å². The molecule has 2 unspecified atom stereocenters. The fourth-order valence-corrected chi connectivity index (χ4v) is 2.80. The summed E-state index contributed by atoms with van der Waals surface area (Å²) in [5.41, 5.74) is 1.70. The lowest BCUT2D eigenvalue weighted by atomic mass is 10.1. The van der Waals surface area contributed by atoms with E-state index in [1.165, 1.54) is 12.3 Å². The number of nitrogens with one attached hydrogen (secondary N) is 1. The van der Waals surface area contributed by atoms with E-state index in [0.29, 0.717) is 13.2 Å². The maximum absolute atomic E-state index is 12.8. The third-order valence-electron chi connectivity index (χ3n) is 4.15. The number of aromatic amines is 1. The average Bonchev–Trinajstić information content (AvgIpc) is 2.55. The van der Waals surface area contributed by atoms with Crippen molar-refractivity contribution in [3.8, 4) is 0 Å². The van der Waals surface area contributed by atoms with Crippen LogP contribution in [0.15, 0.2) is 47.4 Å². The summed E-state index contributed by atoms with van der Waals surface area (Å²) in [6, 6.07) is 11.2. The first-order valence-corrected chi connectivity index (χ1v) is 7.73. The highest BCUT2D eigenvalue weighted by Crippen LogP contribution is 2.25. The summed E-state index contributed by atoms with van der Waals surface area (Å²) >= 11 is 0. The Bertz CT molecular complexity index is 754. The van der Waals surface area contributed by atoms with Crippen LogP contribution in [0.4, 0.5) is 0 Å². The Morgan fingerprint density at radius 3 is 2.74 bits per heavy atom. The molecule has 0 saturated carbocycles. The number of hydrogen-bond donors (Lipinski definition) is 1. The van der Waals surface area contributed by atoms with Gasteiger partial charge in [-0.1, -0.05) is 30.3 Å². The van der Waals surface area contributed by atoms with E-state index in [1.807, 2.05) is 37.3 Å². The number of rotatable bonds is 2. The zero-order valence-corrected chi connectivity index (χ0v) is 13.3. The molecule has 5 heteroatoms. The summed E-state index contributed by atoms with van der Waals surface area (Å²) < 4.78 is 5.86. The number of carbonyl (C=O) groups is 1. The molecule has 5 nitrogen and oxygen atoms in total. The van der Waals surface area contributed by atoms with Crippen LogP contribution in [0.3, 0.4) is 0 Å². The first-order valence-electron chi connectivity index (χ1n) is 7.73. The summed E-state index contributed by atoms with van der Waals surface area (Å²) in [5.74, 6) is -0.247. The van der Waals surface area contributed by atoms with Gasteiger partial charge in [-0.2, -0.15) is 0 Å². The number of ether oxygens (including phenoxy) is 1. The van der Waals surface area contributed by atoms with Crippen LogP contribution in [-0.2, 0) is 4.74 Å². The Labute approximate surface area is 134 Å². The third-order valence-corrected chi connectivity index (χ3v) is 4.15. The van der Waals surface area contributed by atoms with Crippen LogP contribution in [0.5, 0.6) is 0 Å². The molecule has 2 atom stereocenters. The van der Waals surface area contributed by atoms with Crippen molar-refractivity contribution in [1.29, 1.82) is 0 Å². The topological polar surface area (TPSA) is 62.4 Å². The number of carbonyl (C=O) groups excluding carboxylic acids is 1. The van der Waals surface area contributed by atoms with Gasteiger partial charge >= 0.3 is 0 Å². The van der Waals surface area contributed by atoms with Crippen LogP contribution < -0.4 is 5.43 Å². The third kappa shape index (κ3) is 3.19. The van der Waals surface area contributed by atoms with Crippen LogP contribution in [0.2, 0.25) is 0 Å². The SMILES string of the molecule is Cc1cc(=O)c(C(=O)N2CC(c3ccccc3)OCC2C)c[nH]1. The van der Waals surface area contributed by atoms with E-state index in [9.17, 15) is 9.59 Å². The lowest BCUT2D eigenvalue weighted by Crippen LogP contribution is -2.49. The van der Waals surface area contributed by atoms with Gasteiger partial charge in [0.05, 0.1) is 19.2 Å². The monoisotopic (exact) mass is 312 g/mol. The summed E-state index contributed by atoms with van der Waals surface area (Å²) in [4.78, 5) is 29.5. The molecule has 1 N–H and O–H groups in total. The van der Waals surface area contributed by atoms with Gasteiger partial charge in [0.25, 0.3) is 5.91 Å². The molecule has 1 aromatic carbocycles. The largest absolute Gasteiger partial charge is 0.370 e. The van der Waals surface area contributed by atoms with E-state index in [1.54, 1.807) is 11.8 Å². The molecule has 1 aliphatic heterocycles. The van der Waals surface area contributed by atoms with Gasteiger partial charge in [-0.25, -0.2) is 0 Å². The van der Waals surface area contributed by atoms with Gasteiger partial charge in [0, 0.05) is 18.0 Å². The number of amides is 1. The van der Waals surface area contributed by atoms with Crippen molar-refractivity contribution in [3.63, 3.8) is 0 Å². The van der Waals surface area contributed by atoms with E-state index in [-0.39, 0.29) is 29.0 Å². The van der Waals surface area contributed by atoms with E-state index in [4.69, 9.17) is 4.74 Å². The van der Waals surface area contributed by atoms with Crippen molar-refractivity contribution in [3.05, 3.63) is 69.6 Å². The lowest BCUT2D eigenvalue weighted by molar-refractivity contribution is -0.0487. The molecule has 2 heterocycles. The number of nitrogens with zero attached hydrogens (tertiary/aromatic N) is 1. The van der Waals surface area contributed by atoms with Gasteiger partial charge in [0.2, 0.25) is 0 Å². The summed E-state index contributed by atoms with van der Waals surface area (Å²) in [7, 11) is 0. The summed E-state index contributed by atoms with van der Waals surface area (Å²) in [5, 5.41) is 0. The molecule has 1 aliphatic rings. The molecule has 1 amide bonds. The van der Waals surface area contributed by atoms with Gasteiger partial charge in [0.15, 0.2) is 5.43 Å². The molecular weight excluding hydrogens is 292 g/mol. The number of aromatic nitrogens is 1. The maximum Gasteiger partial charge on any atom is 0.259 e. The smallest absolute Gasteiger partial charge is 0.259 e. The quantitative estimate of drug-likeness (QED) is 0.925. The van der Waals surface area contributed by atoms with Crippen molar-refractivity contribution in [2.45, 2.75) is 26.0 Å². The number of pyridine rings is 1. The second-order valence-corrected chi connectivity index (χ2v) is 5.93. The van der Waals surface area contributed by atoms with Crippen LogP contribution >= 0.6 is 0 Å². The molecule has 0 spiro atoms. The molecular formula is C18H20N2O3. The highest BCUT2D eigenvalue weighted by molar-refractivity contribution is 5.94. The van der Waals surface area contributed by atoms with Crippen LogP contribution in [0.1, 0.15) is 34.6 Å². The van der Waals surface area contributed by atoms with E-state index < -0.39 is 0 Å².